The second-order valence-corrected chi connectivity index (χ2v) is 8.14. The highest BCUT2D eigenvalue weighted by Crippen LogP contribution is 2.32. The van der Waals surface area contributed by atoms with E-state index < -0.39 is 11.5 Å². The lowest BCUT2D eigenvalue weighted by Crippen LogP contribution is -2.52. The van der Waals surface area contributed by atoms with Gasteiger partial charge in [-0.25, -0.2) is 4.79 Å². The van der Waals surface area contributed by atoms with Crippen LogP contribution in [0.3, 0.4) is 0 Å². The maximum absolute atomic E-state index is 12.8. The Labute approximate surface area is 160 Å². The molecular weight excluding hydrogens is 362 g/mol. The molecule has 0 atom stereocenters. The van der Waals surface area contributed by atoms with Crippen LogP contribution in [0.4, 0.5) is 0 Å². The first-order chi connectivity index (χ1) is 13.0. The van der Waals surface area contributed by atoms with Crippen molar-refractivity contribution in [3.05, 3.63) is 52.5 Å². The molecule has 1 saturated carbocycles. The predicted octanol–water partition coefficient (Wildman–Crippen LogP) is 3.58. The molecule has 7 heteroatoms. The lowest BCUT2D eigenvalue weighted by atomic mass is 9.98. The molecule has 27 heavy (non-hydrogen) atoms. The summed E-state index contributed by atoms with van der Waals surface area (Å²) in [5, 5.41) is 17.9. The summed E-state index contributed by atoms with van der Waals surface area (Å²) in [6.45, 7) is 2.56. The Kier molecular flexibility index (Phi) is 4.47. The number of amides is 1. The van der Waals surface area contributed by atoms with Crippen molar-refractivity contribution in [2.45, 2.75) is 44.7 Å². The minimum atomic E-state index is -1.13. The van der Waals surface area contributed by atoms with Gasteiger partial charge < -0.3 is 10.4 Å². The number of hydrogen-bond acceptors (Lipinski definition) is 4. The average molecular weight is 383 g/mol. The standard InChI is InChI=1S/C20H21N3O3S/c1-13-15-11-16(17(24)21-20(19(25)26)9-5-6-10-20)27-18(15)23(22-13)12-14-7-3-2-4-8-14/h2-4,7-8,11H,5-6,9-10,12H2,1H3,(H,21,24)(H,25,26). The molecule has 1 aromatic carbocycles. The Morgan fingerprint density at radius 1 is 1.26 bits per heavy atom. The van der Waals surface area contributed by atoms with Gasteiger partial charge in [0.15, 0.2) is 0 Å². The van der Waals surface area contributed by atoms with E-state index in [4.69, 9.17) is 0 Å². The van der Waals surface area contributed by atoms with Crippen molar-refractivity contribution >= 4 is 33.4 Å². The number of fused-ring (bicyclic) bond motifs is 1. The maximum Gasteiger partial charge on any atom is 0.329 e. The number of aliphatic carboxylic acids is 1. The fourth-order valence-corrected chi connectivity index (χ4v) is 4.79. The lowest BCUT2D eigenvalue weighted by molar-refractivity contribution is -0.144. The first kappa shape index (κ1) is 17.7. The molecule has 0 aliphatic heterocycles. The number of nitrogens with one attached hydrogen (secondary N) is 1. The lowest BCUT2D eigenvalue weighted by Gasteiger charge is -2.24. The van der Waals surface area contributed by atoms with Crippen molar-refractivity contribution < 1.29 is 14.7 Å². The minimum absolute atomic E-state index is 0.314. The van der Waals surface area contributed by atoms with Crippen molar-refractivity contribution in [1.82, 2.24) is 15.1 Å². The Hall–Kier alpha value is -2.67. The maximum atomic E-state index is 12.8. The Morgan fingerprint density at radius 3 is 2.63 bits per heavy atom. The topological polar surface area (TPSA) is 84.2 Å². The number of rotatable bonds is 5. The molecule has 140 valence electrons. The second kappa shape index (κ2) is 6.81. The van der Waals surface area contributed by atoms with Crippen LogP contribution in [0.5, 0.6) is 0 Å². The quantitative estimate of drug-likeness (QED) is 0.705. The van der Waals surface area contributed by atoms with Crippen LogP contribution in [-0.4, -0.2) is 32.3 Å². The van der Waals surface area contributed by atoms with Gasteiger partial charge in [-0.2, -0.15) is 5.10 Å². The molecule has 2 N–H and O–H groups in total. The molecule has 0 saturated heterocycles. The van der Waals surface area contributed by atoms with Crippen LogP contribution in [0.15, 0.2) is 36.4 Å². The SMILES string of the molecule is Cc1nn(Cc2ccccc2)c2sc(C(=O)NC3(C(=O)O)CCCC3)cc12. The number of aryl methyl sites for hydroxylation is 1. The number of carboxylic acids is 1. The summed E-state index contributed by atoms with van der Waals surface area (Å²) in [6.07, 6.45) is 2.62. The summed E-state index contributed by atoms with van der Waals surface area (Å²) in [5.41, 5.74) is 0.875. The number of benzene rings is 1. The van der Waals surface area contributed by atoms with Gasteiger partial charge in [0, 0.05) is 5.39 Å². The van der Waals surface area contributed by atoms with E-state index >= 15 is 0 Å². The highest BCUT2D eigenvalue weighted by Gasteiger charge is 2.43. The second-order valence-electron chi connectivity index (χ2n) is 7.11. The van der Waals surface area contributed by atoms with Gasteiger partial charge in [-0.3, -0.25) is 9.48 Å². The molecule has 1 amide bonds. The zero-order chi connectivity index (χ0) is 19.0. The number of carboxylic acid groups (broad SMARTS) is 1. The van der Waals surface area contributed by atoms with Gasteiger partial charge in [0.1, 0.15) is 10.4 Å². The Bertz CT molecular complexity index is 1000. The van der Waals surface area contributed by atoms with Gasteiger partial charge in [-0.1, -0.05) is 43.2 Å². The van der Waals surface area contributed by atoms with Gasteiger partial charge in [0.25, 0.3) is 5.91 Å². The van der Waals surface area contributed by atoms with E-state index in [1.54, 1.807) is 0 Å². The van der Waals surface area contributed by atoms with Crippen LogP contribution in [0.25, 0.3) is 10.2 Å². The van der Waals surface area contributed by atoms with Crippen molar-refractivity contribution in [1.29, 1.82) is 0 Å². The molecule has 0 radical (unpaired) electrons. The highest BCUT2D eigenvalue weighted by molar-refractivity contribution is 7.20. The number of nitrogens with zero attached hydrogens (tertiary/aromatic N) is 2. The van der Waals surface area contributed by atoms with E-state index in [-0.39, 0.29) is 5.91 Å². The largest absolute Gasteiger partial charge is 0.480 e. The molecule has 0 bridgehead atoms. The molecule has 1 fully saturated rings. The van der Waals surface area contributed by atoms with Crippen molar-refractivity contribution in [3.8, 4) is 0 Å². The molecule has 4 rings (SSSR count). The predicted molar refractivity (Wildman–Crippen MR) is 104 cm³/mol. The van der Waals surface area contributed by atoms with E-state index in [9.17, 15) is 14.7 Å². The summed E-state index contributed by atoms with van der Waals surface area (Å²) in [5.74, 6) is -1.26. The molecule has 2 aromatic heterocycles. The number of aromatic nitrogens is 2. The van der Waals surface area contributed by atoms with Gasteiger partial charge in [-0.05, 0) is 31.4 Å². The highest BCUT2D eigenvalue weighted by atomic mass is 32.1. The monoisotopic (exact) mass is 383 g/mol. The van der Waals surface area contributed by atoms with Gasteiger partial charge in [-0.15, -0.1) is 11.3 Å². The normalized spacial score (nSPS) is 15.9. The molecule has 1 aliphatic rings. The van der Waals surface area contributed by atoms with Crippen molar-refractivity contribution in [2.24, 2.45) is 0 Å². The first-order valence-electron chi connectivity index (χ1n) is 9.05. The third-order valence-electron chi connectivity index (χ3n) is 5.23. The molecule has 6 nitrogen and oxygen atoms in total. The average Bonchev–Trinajstić information content (AvgIpc) is 3.35. The van der Waals surface area contributed by atoms with Crippen LogP contribution in [0.2, 0.25) is 0 Å². The Morgan fingerprint density at radius 2 is 1.96 bits per heavy atom. The third kappa shape index (κ3) is 3.23. The van der Waals surface area contributed by atoms with E-state index in [1.807, 2.05) is 48.0 Å². The van der Waals surface area contributed by atoms with Crippen molar-refractivity contribution in [3.63, 3.8) is 0 Å². The minimum Gasteiger partial charge on any atom is -0.480 e. The van der Waals surface area contributed by atoms with Gasteiger partial charge >= 0.3 is 5.97 Å². The van der Waals surface area contributed by atoms with E-state index in [0.29, 0.717) is 24.3 Å². The van der Waals surface area contributed by atoms with Crippen molar-refractivity contribution in [2.75, 3.05) is 0 Å². The number of carbonyl (C=O) groups is 2. The molecule has 3 aromatic rings. The molecule has 0 spiro atoms. The molecular formula is C20H21N3O3S. The first-order valence-corrected chi connectivity index (χ1v) is 9.87. The van der Waals surface area contributed by atoms with E-state index in [1.165, 1.54) is 11.3 Å². The summed E-state index contributed by atoms with van der Waals surface area (Å²) in [6, 6.07) is 11.9. The fourth-order valence-electron chi connectivity index (χ4n) is 3.74. The number of hydrogen-bond donors (Lipinski definition) is 2. The fraction of sp³-hybridized carbons (Fsp3) is 0.350. The van der Waals surface area contributed by atoms with Crippen LogP contribution in [0, 0.1) is 6.92 Å². The van der Waals surface area contributed by atoms with Crippen LogP contribution >= 0.6 is 11.3 Å². The number of thiophene rings is 1. The van der Waals surface area contributed by atoms with Gasteiger partial charge in [0.2, 0.25) is 0 Å². The smallest absolute Gasteiger partial charge is 0.329 e. The summed E-state index contributed by atoms with van der Waals surface area (Å²) in [4.78, 5) is 25.9. The molecule has 0 unspecified atom stereocenters. The van der Waals surface area contributed by atoms with Crippen LogP contribution in [0.1, 0.15) is 46.6 Å². The molecule has 1 aliphatic carbocycles. The summed E-state index contributed by atoms with van der Waals surface area (Å²) in [7, 11) is 0. The number of carbonyl (C=O) groups excluding carboxylic acids is 1. The summed E-state index contributed by atoms with van der Waals surface area (Å²) < 4.78 is 1.91. The zero-order valence-corrected chi connectivity index (χ0v) is 15.9. The van der Waals surface area contributed by atoms with Crippen LogP contribution < -0.4 is 5.32 Å². The summed E-state index contributed by atoms with van der Waals surface area (Å²) >= 11 is 1.36. The molecule has 2 heterocycles. The van der Waals surface area contributed by atoms with Crippen LogP contribution in [-0.2, 0) is 11.3 Å². The Balaban J connectivity index is 1.62. The zero-order valence-electron chi connectivity index (χ0n) is 15.1. The van der Waals surface area contributed by atoms with Gasteiger partial charge in [0.05, 0.1) is 17.1 Å². The van der Waals surface area contributed by atoms with E-state index in [0.717, 1.165) is 34.3 Å². The third-order valence-corrected chi connectivity index (χ3v) is 6.37. The van der Waals surface area contributed by atoms with E-state index in [2.05, 4.69) is 10.4 Å².